The van der Waals surface area contributed by atoms with E-state index in [4.69, 9.17) is 11.6 Å². The second-order valence-electron chi connectivity index (χ2n) is 4.35. The minimum absolute atomic E-state index is 0.0314. The number of hydrogen-bond donors (Lipinski definition) is 1. The van der Waals surface area contributed by atoms with E-state index < -0.39 is 15.8 Å². The third-order valence-electron chi connectivity index (χ3n) is 2.92. The van der Waals surface area contributed by atoms with Gasteiger partial charge in [0.25, 0.3) is 0 Å². The number of aromatic nitrogens is 1. The Bertz CT molecular complexity index is 700. The van der Waals surface area contributed by atoms with Crippen LogP contribution in [-0.2, 0) is 22.4 Å². The van der Waals surface area contributed by atoms with Crippen LogP contribution < -0.4 is 0 Å². The van der Waals surface area contributed by atoms with Crippen LogP contribution in [0.15, 0.2) is 41.4 Å². The molecule has 1 heterocycles. The summed E-state index contributed by atoms with van der Waals surface area (Å²) in [6.07, 6.45) is 1.38. The molecule has 0 aliphatic rings. The lowest BCUT2D eigenvalue weighted by Crippen LogP contribution is -2.26. The zero-order chi connectivity index (χ0) is 14.8. The Morgan fingerprint density at radius 3 is 2.65 bits per heavy atom. The zero-order valence-electron chi connectivity index (χ0n) is 10.8. The Labute approximate surface area is 122 Å². The lowest BCUT2D eigenvalue weighted by molar-refractivity contribution is 0.456. The summed E-state index contributed by atoms with van der Waals surface area (Å²) in [6, 6.07) is 7.56. The van der Waals surface area contributed by atoms with Crippen molar-refractivity contribution >= 4 is 21.6 Å². The number of nitrogens with one attached hydrogen (secondary N) is 1. The topological polar surface area (TPSA) is 53.2 Å². The van der Waals surface area contributed by atoms with Gasteiger partial charge in [-0.3, -0.25) is 0 Å². The van der Waals surface area contributed by atoms with Crippen molar-refractivity contribution in [2.45, 2.75) is 17.3 Å². The predicted molar refractivity (Wildman–Crippen MR) is 75.4 cm³/mol. The van der Waals surface area contributed by atoms with Gasteiger partial charge in [-0.2, -0.15) is 4.31 Å². The van der Waals surface area contributed by atoms with Crippen LogP contribution in [0.5, 0.6) is 0 Å². The number of rotatable bonds is 5. The third-order valence-corrected chi connectivity index (χ3v) is 4.99. The van der Waals surface area contributed by atoms with Crippen LogP contribution in [0.2, 0.25) is 0 Å². The number of sulfonamides is 1. The Morgan fingerprint density at radius 1 is 1.35 bits per heavy atom. The van der Waals surface area contributed by atoms with E-state index in [9.17, 15) is 12.8 Å². The molecule has 1 aromatic heterocycles. The van der Waals surface area contributed by atoms with Crippen LogP contribution in [0.4, 0.5) is 4.39 Å². The number of benzene rings is 1. The highest BCUT2D eigenvalue weighted by Gasteiger charge is 2.23. The normalized spacial score (nSPS) is 12.0. The van der Waals surface area contributed by atoms with Gasteiger partial charge in [0.2, 0.25) is 10.0 Å². The number of hydrogen-bond acceptors (Lipinski definition) is 2. The van der Waals surface area contributed by atoms with Gasteiger partial charge in [-0.1, -0.05) is 18.2 Å². The molecule has 0 radical (unpaired) electrons. The number of H-pyrrole nitrogens is 1. The molecule has 7 heteroatoms. The van der Waals surface area contributed by atoms with Crippen molar-refractivity contribution in [1.82, 2.24) is 9.29 Å². The fourth-order valence-corrected chi connectivity index (χ4v) is 3.10. The molecule has 0 spiro atoms. The van der Waals surface area contributed by atoms with E-state index in [0.29, 0.717) is 11.3 Å². The van der Waals surface area contributed by atoms with Crippen LogP contribution in [0.1, 0.15) is 11.3 Å². The van der Waals surface area contributed by atoms with Gasteiger partial charge >= 0.3 is 0 Å². The summed E-state index contributed by atoms with van der Waals surface area (Å²) in [5.74, 6) is -0.225. The molecule has 0 unspecified atom stereocenters. The average molecular weight is 317 g/mol. The summed E-state index contributed by atoms with van der Waals surface area (Å²) in [7, 11) is -2.25. The third kappa shape index (κ3) is 3.03. The Morgan fingerprint density at radius 2 is 2.05 bits per heavy atom. The van der Waals surface area contributed by atoms with Crippen molar-refractivity contribution in [2.75, 3.05) is 7.05 Å². The van der Waals surface area contributed by atoms with E-state index in [2.05, 4.69) is 4.98 Å². The van der Waals surface area contributed by atoms with Gasteiger partial charge in [-0.15, -0.1) is 11.6 Å². The van der Waals surface area contributed by atoms with E-state index in [0.717, 1.165) is 4.31 Å². The van der Waals surface area contributed by atoms with Gasteiger partial charge in [-0.25, -0.2) is 12.8 Å². The first-order chi connectivity index (χ1) is 9.45. The monoisotopic (exact) mass is 316 g/mol. The van der Waals surface area contributed by atoms with Crippen molar-refractivity contribution in [2.24, 2.45) is 0 Å². The highest BCUT2D eigenvalue weighted by Crippen LogP contribution is 2.19. The van der Waals surface area contributed by atoms with Gasteiger partial charge in [0.1, 0.15) is 5.82 Å². The maximum atomic E-state index is 13.6. The van der Waals surface area contributed by atoms with Gasteiger partial charge in [0.15, 0.2) is 0 Å². The molecule has 0 fully saturated rings. The largest absolute Gasteiger partial charge is 0.363 e. The van der Waals surface area contributed by atoms with Crippen LogP contribution in [0.25, 0.3) is 0 Å². The molecule has 20 heavy (non-hydrogen) atoms. The number of halogens is 2. The van der Waals surface area contributed by atoms with E-state index >= 15 is 0 Å². The summed E-state index contributed by atoms with van der Waals surface area (Å²) in [6.45, 7) is -0.0314. The molecule has 2 aromatic rings. The predicted octanol–water partition coefficient (Wildman–Crippen LogP) is 2.71. The summed E-state index contributed by atoms with van der Waals surface area (Å²) in [5, 5.41) is 0. The van der Waals surface area contributed by atoms with Gasteiger partial charge < -0.3 is 4.98 Å². The van der Waals surface area contributed by atoms with Gasteiger partial charge in [-0.05, 0) is 12.1 Å². The lowest BCUT2D eigenvalue weighted by Gasteiger charge is -2.16. The first-order valence-electron chi connectivity index (χ1n) is 5.88. The highest BCUT2D eigenvalue weighted by molar-refractivity contribution is 7.89. The fourth-order valence-electron chi connectivity index (χ4n) is 1.78. The molecule has 2 rings (SSSR count). The minimum atomic E-state index is -3.67. The average Bonchev–Trinajstić information content (AvgIpc) is 2.90. The van der Waals surface area contributed by atoms with Crippen molar-refractivity contribution in [3.8, 4) is 0 Å². The summed E-state index contributed by atoms with van der Waals surface area (Å²) < 4.78 is 39.3. The molecular weight excluding hydrogens is 303 g/mol. The first kappa shape index (κ1) is 15.0. The molecule has 0 aliphatic carbocycles. The Kier molecular flexibility index (Phi) is 4.47. The van der Waals surface area contributed by atoms with Crippen LogP contribution in [0, 0.1) is 5.82 Å². The molecule has 1 N–H and O–H groups in total. The smallest absolute Gasteiger partial charge is 0.244 e. The standard InChI is InChI=1S/C13H14ClFN2O2S/c1-17(9-10-4-2-3-5-13(10)15)20(18,19)12-6-11(7-14)16-8-12/h2-6,8,16H,7,9H2,1H3. The van der Waals surface area contributed by atoms with E-state index in [1.165, 1.54) is 25.4 Å². The molecule has 1 aromatic carbocycles. The van der Waals surface area contributed by atoms with Crippen LogP contribution in [0.3, 0.4) is 0 Å². The van der Waals surface area contributed by atoms with Crippen LogP contribution >= 0.6 is 11.6 Å². The first-order valence-corrected chi connectivity index (χ1v) is 7.85. The van der Waals surface area contributed by atoms with Gasteiger partial charge in [0, 0.05) is 31.0 Å². The second kappa shape index (κ2) is 5.95. The molecule has 4 nitrogen and oxygen atoms in total. The van der Waals surface area contributed by atoms with E-state index in [1.807, 2.05) is 0 Å². The van der Waals surface area contributed by atoms with Crippen LogP contribution in [-0.4, -0.2) is 24.8 Å². The Balaban J connectivity index is 2.23. The molecule has 0 saturated heterocycles. The zero-order valence-corrected chi connectivity index (χ0v) is 12.4. The molecular formula is C13H14ClFN2O2S. The maximum Gasteiger partial charge on any atom is 0.244 e. The molecule has 108 valence electrons. The summed E-state index contributed by atoms with van der Waals surface area (Å²) in [4.78, 5) is 2.90. The van der Waals surface area contributed by atoms with Crippen molar-refractivity contribution in [3.63, 3.8) is 0 Å². The Hall–Kier alpha value is -1.37. The fraction of sp³-hybridized carbons (Fsp3) is 0.231. The quantitative estimate of drug-likeness (QED) is 0.862. The molecule has 0 saturated carbocycles. The molecule has 0 amide bonds. The molecule has 0 atom stereocenters. The number of alkyl halides is 1. The lowest BCUT2D eigenvalue weighted by atomic mass is 10.2. The minimum Gasteiger partial charge on any atom is -0.363 e. The summed E-state index contributed by atoms with van der Waals surface area (Å²) in [5.41, 5.74) is 0.941. The SMILES string of the molecule is CN(Cc1ccccc1F)S(=O)(=O)c1c[nH]c(CCl)c1. The maximum absolute atomic E-state index is 13.6. The second-order valence-corrected chi connectivity index (χ2v) is 6.66. The number of aromatic amines is 1. The van der Waals surface area contributed by atoms with Crippen molar-refractivity contribution in [3.05, 3.63) is 53.6 Å². The van der Waals surface area contributed by atoms with E-state index in [-0.39, 0.29) is 17.3 Å². The highest BCUT2D eigenvalue weighted by atomic mass is 35.5. The van der Waals surface area contributed by atoms with Crippen molar-refractivity contribution < 1.29 is 12.8 Å². The van der Waals surface area contributed by atoms with E-state index in [1.54, 1.807) is 18.2 Å². The molecule has 0 bridgehead atoms. The summed E-state index contributed by atoms with van der Waals surface area (Å²) >= 11 is 5.63. The van der Waals surface area contributed by atoms with Gasteiger partial charge in [0.05, 0.1) is 10.8 Å². The van der Waals surface area contributed by atoms with Crippen molar-refractivity contribution in [1.29, 1.82) is 0 Å². The number of nitrogens with zero attached hydrogens (tertiary/aromatic N) is 1. The molecule has 0 aliphatic heterocycles.